The van der Waals surface area contributed by atoms with Gasteiger partial charge in [-0.25, -0.2) is 4.39 Å². The third kappa shape index (κ3) is 6.05. The van der Waals surface area contributed by atoms with Gasteiger partial charge in [0.15, 0.2) is 11.5 Å². The van der Waals surface area contributed by atoms with Crippen molar-refractivity contribution < 1.29 is 36.6 Å². The molecule has 3 aromatic carbocycles. The summed E-state index contributed by atoms with van der Waals surface area (Å²) in [7, 11) is 1.26. The van der Waals surface area contributed by atoms with Crippen LogP contribution < -0.4 is 24.7 Å². The predicted molar refractivity (Wildman–Crippen MR) is 111 cm³/mol. The van der Waals surface area contributed by atoms with Gasteiger partial charge in [-0.15, -0.1) is 13.2 Å². The second kappa shape index (κ2) is 9.79. The summed E-state index contributed by atoms with van der Waals surface area (Å²) >= 11 is 0.980. The van der Waals surface area contributed by atoms with Gasteiger partial charge in [0, 0.05) is 22.7 Å². The Balaban J connectivity index is 1.98. The number of nitrogens with two attached hydrogens (primary N) is 1. The molecule has 0 radical (unpaired) electrons. The first-order valence-electron chi connectivity index (χ1n) is 8.88. The summed E-state index contributed by atoms with van der Waals surface area (Å²) < 4.78 is 66.1. The first kappa shape index (κ1) is 23.2. The number of alkyl halides is 3. The van der Waals surface area contributed by atoms with Gasteiger partial charge >= 0.3 is 6.36 Å². The Hall–Kier alpha value is -3.44. The topological polar surface area (TPSA) is 82.8 Å². The van der Waals surface area contributed by atoms with Crippen molar-refractivity contribution in [1.29, 1.82) is 0 Å². The molecule has 3 aromatic rings. The van der Waals surface area contributed by atoms with Crippen molar-refractivity contribution in [3.63, 3.8) is 0 Å². The van der Waals surface area contributed by atoms with Crippen LogP contribution in [0, 0.1) is 5.82 Å². The summed E-state index contributed by atoms with van der Waals surface area (Å²) in [6, 6.07) is 12.9. The molecule has 0 fully saturated rings. The number of amides is 1. The smallest absolute Gasteiger partial charge is 0.493 e. The van der Waals surface area contributed by atoms with Crippen LogP contribution in [0.3, 0.4) is 0 Å². The van der Waals surface area contributed by atoms with E-state index in [1.54, 1.807) is 24.3 Å². The van der Waals surface area contributed by atoms with Gasteiger partial charge in [0.2, 0.25) is 0 Å². The van der Waals surface area contributed by atoms with E-state index in [0.717, 1.165) is 42.3 Å². The van der Waals surface area contributed by atoms with E-state index in [9.17, 15) is 22.4 Å². The number of hydrogen-bond acceptors (Lipinski definition) is 6. The number of hydrogen-bond donors (Lipinski definition) is 2. The van der Waals surface area contributed by atoms with Crippen LogP contribution in [-0.2, 0) is 0 Å². The Morgan fingerprint density at radius 3 is 2.47 bits per heavy atom. The Labute approximate surface area is 184 Å². The van der Waals surface area contributed by atoms with E-state index in [2.05, 4.69) is 10.1 Å². The molecule has 6 nitrogen and oxygen atoms in total. The molecule has 3 rings (SSSR count). The number of nitrogens with one attached hydrogen (secondary N) is 1. The van der Waals surface area contributed by atoms with E-state index >= 15 is 0 Å². The van der Waals surface area contributed by atoms with Gasteiger partial charge in [-0.05, 0) is 54.4 Å². The Kier molecular flexibility index (Phi) is 7.11. The molecule has 0 saturated heterocycles. The van der Waals surface area contributed by atoms with Crippen LogP contribution in [0.5, 0.6) is 23.0 Å². The van der Waals surface area contributed by atoms with E-state index in [4.69, 9.17) is 14.6 Å². The number of carbonyl (C=O) groups excluding carboxylic acids is 1. The monoisotopic (exact) mass is 468 g/mol. The van der Waals surface area contributed by atoms with Crippen molar-refractivity contribution >= 4 is 23.5 Å². The van der Waals surface area contributed by atoms with Gasteiger partial charge < -0.3 is 19.5 Å². The zero-order chi connectivity index (χ0) is 23.3. The fourth-order valence-electron chi connectivity index (χ4n) is 2.66. The second-order valence-corrected chi connectivity index (χ2v) is 6.91. The minimum absolute atomic E-state index is 0.0198. The third-order valence-corrected chi connectivity index (χ3v) is 4.53. The molecule has 0 aliphatic carbocycles. The number of rotatable bonds is 7. The largest absolute Gasteiger partial charge is 0.573 e. The maximum absolute atomic E-state index is 13.5. The molecule has 0 atom stereocenters. The van der Waals surface area contributed by atoms with E-state index in [-0.39, 0.29) is 22.8 Å². The highest BCUT2D eigenvalue weighted by Crippen LogP contribution is 2.37. The van der Waals surface area contributed by atoms with Crippen LogP contribution in [0.2, 0.25) is 0 Å². The molecule has 0 bridgehead atoms. The normalized spacial score (nSPS) is 11.1. The van der Waals surface area contributed by atoms with Crippen LogP contribution >= 0.6 is 11.9 Å². The lowest BCUT2D eigenvalue weighted by Gasteiger charge is -2.16. The summed E-state index contributed by atoms with van der Waals surface area (Å²) in [5.41, 5.74) is 0.308. The van der Waals surface area contributed by atoms with Gasteiger partial charge in [-0.2, -0.15) is 0 Å². The van der Waals surface area contributed by atoms with Gasteiger partial charge in [0.1, 0.15) is 17.3 Å². The van der Waals surface area contributed by atoms with Gasteiger partial charge in [0.25, 0.3) is 5.91 Å². The molecule has 0 spiro atoms. The van der Waals surface area contributed by atoms with Crippen molar-refractivity contribution in [2.45, 2.75) is 11.3 Å². The molecule has 0 aliphatic heterocycles. The van der Waals surface area contributed by atoms with Crippen LogP contribution in [0.15, 0.2) is 65.6 Å². The van der Waals surface area contributed by atoms with E-state index < -0.39 is 23.8 Å². The van der Waals surface area contributed by atoms with Gasteiger partial charge in [-0.1, -0.05) is 6.07 Å². The van der Waals surface area contributed by atoms with Crippen molar-refractivity contribution in [3.8, 4) is 23.0 Å². The molecule has 0 aromatic heterocycles. The van der Waals surface area contributed by atoms with Crippen LogP contribution in [0.1, 0.15) is 10.4 Å². The predicted octanol–water partition coefficient (Wildman–Crippen LogP) is 5.74. The number of anilines is 1. The van der Waals surface area contributed by atoms with Gasteiger partial charge in [-0.3, -0.25) is 9.93 Å². The lowest BCUT2D eigenvalue weighted by molar-refractivity contribution is -0.274. The highest BCUT2D eigenvalue weighted by Gasteiger charge is 2.31. The van der Waals surface area contributed by atoms with E-state index in [1.807, 2.05) is 0 Å². The summed E-state index contributed by atoms with van der Waals surface area (Å²) in [5, 5.41) is 8.14. The summed E-state index contributed by atoms with van der Waals surface area (Å²) in [5.74, 6) is -2.19. The van der Waals surface area contributed by atoms with Crippen LogP contribution in [0.25, 0.3) is 0 Å². The molecule has 0 aliphatic rings. The Morgan fingerprint density at radius 1 is 1.00 bits per heavy atom. The molecule has 3 N–H and O–H groups in total. The van der Waals surface area contributed by atoms with Crippen LogP contribution in [-0.4, -0.2) is 19.4 Å². The fourth-order valence-corrected chi connectivity index (χ4v) is 3.01. The SMILES string of the molecule is COc1cc(F)ccc1Oc1cc(OC(F)(F)F)ccc1C(=O)Nc1cccc(SN)c1. The lowest BCUT2D eigenvalue weighted by Crippen LogP contribution is -2.18. The molecule has 0 saturated carbocycles. The molecule has 168 valence electrons. The lowest BCUT2D eigenvalue weighted by atomic mass is 10.1. The first-order chi connectivity index (χ1) is 15.2. The Morgan fingerprint density at radius 2 is 1.78 bits per heavy atom. The van der Waals surface area contributed by atoms with Crippen molar-refractivity contribution in [3.05, 3.63) is 72.0 Å². The number of carbonyl (C=O) groups is 1. The van der Waals surface area contributed by atoms with E-state index in [0.29, 0.717) is 10.6 Å². The van der Waals surface area contributed by atoms with Crippen molar-refractivity contribution in [2.75, 3.05) is 12.4 Å². The summed E-state index contributed by atoms with van der Waals surface area (Å²) in [6.07, 6.45) is -4.95. The molecule has 11 heteroatoms. The van der Waals surface area contributed by atoms with Crippen molar-refractivity contribution in [1.82, 2.24) is 0 Å². The standard InChI is InChI=1S/C21H16F4N2O4S/c1-29-19-9-12(22)5-8-17(19)30-18-11-14(31-21(23,24)25)6-7-16(18)20(28)27-13-3-2-4-15(10-13)32-26/h2-11H,26H2,1H3,(H,27,28). The van der Waals surface area contributed by atoms with E-state index in [1.165, 1.54) is 13.2 Å². The third-order valence-electron chi connectivity index (χ3n) is 4.00. The molecular weight excluding hydrogens is 452 g/mol. The second-order valence-electron chi connectivity index (χ2n) is 6.20. The summed E-state index contributed by atoms with van der Waals surface area (Å²) in [4.78, 5) is 13.5. The molecule has 1 amide bonds. The van der Waals surface area contributed by atoms with Crippen LogP contribution in [0.4, 0.5) is 23.2 Å². The molecule has 0 unspecified atom stereocenters. The molecular formula is C21H16F4N2O4S. The number of benzene rings is 3. The zero-order valence-electron chi connectivity index (χ0n) is 16.4. The molecule has 0 heterocycles. The Bertz CT molecular complexity index is 1130. The maximum atomic E-state index is 13.5. The average molecular weight is 468 g/mol. The summed E-state index contributed by atoms with van der Waals surface area (Å²) in [6.45, 7) is 0. The van der Waals surface area contributed by atoms with Crippen molar-refractivity contribution in [2.24, 2.45) is 5.14 Å². The minimum atomic E-state index is -4.95. The number of methoxy groups -OCH3 is 1. The highest BCUT2D eigenvalue weighted by atomic mass is 32.2. The zero-order valence-corrected chi connectivity index (χ0v) is 17.2. The fraction of sp³-hybridized carbons (Fsp3) is 0.0952. The minimum Gasteiger partial charge on any atom is -0.493 e. The quantitative estimate of drug-likeness (QED) is 0.340. The highest BCUT2D eigenvalue weighted by molar-refractivity contribution is 7.97. The number of halogens is 4. The number of ether oxygens (including phenoxy) is 3. The molecule has 32 heavy (non-hydrogen) atoms. The first-order valence-corrected chi connectivity index (χ1v) is 9.76. The van der Waals surface area contributed by atoms with Gasteiger partial charge in [0.05, 0.1) is 12.7 Å². The maximum Gasteiger partial charge on any atom is 0.573 e. The average Bonchev–Trinajstić information content (AvgIpc) is 2.74.